The van der Waals surface area contributed by atoms with Crippen LogP contribution in [0.3, 0.4) is 0 Å². The number of anilines is 1. The van der Waals surface area contributed by atoms with Crippen molar-refractivity contribution in [3.63, 3.8) is 0 Å². The minimum absolute atomic E-state index is 0.146. The Morgan fingerprint density at radius 2 is 2.09 bits per heavy atom. The molecule has 114 valence electrons. The molecule has 0 aliphatic heterocycles. The van der Waals surface area contributed by atoms with Gasteiger partial charge in [0.2, 0.25) is 5.91 Å². The number of fused-ring (bicyclic) bond motifs is 1. The average molecular weight is 373 g/mol. The van der Waals surface area contributed by atoms with E-state index in [1.54, 1.807) is 25.3 Å². The Labute approximate surface area is 144 Å². The van der Waals surface area contributed by atoms with E-state index in [9.17, 15) is 4.79 Å². The molecule has 0 fully saturated rings. The summed E-state index contributed by atoms with van der Waals surface area (Å²) in [5, 5.41) is 3.86. The number of nitrogens with zero attached hydrogens (tertiary/aromatic N) is 1. The van der Waals surface area contributed by atoms with Gasteiger partial charge in [0.25, 0.3) is 0 Å². The number of methoxy groups -OCH3 is 1. The molecule has 0 unspecified atom stereocenters. The zero-order valence-electron chi connectivity index (χ0n) is 11.4. The monoisotopic (exact) mass is 372 g/mol. The molecule has 1 amide bonds. The van der Waals surface area contributed by atoms with Crippen molar-refractivity contribution in [1.82, 2.24) is 4.98 Å². The lowest BCUT2D eigenvalue weighted by Gasteiger charge is -2.00. The van der Waals surface area contributed by atoms with E-state index < -0.39 is 0 Å². The van der Waals surface area contributed by atoms with Gasteiger partial charge >= 0.3 is 0 Å². The number of thiazole rings is 1. The highest BCUT2D eigenvalue weighted by atomic mass is 35.5. The van der Waals surface area contributed by atoms with Gasteiger partial charge in [-0.3, -0.25) is 4.79 Å². The molecule has 4 nitrogen and oxygen atoms in total. The second-order valence-corrected chi connectivity index (χ2v) is 7.58. The molecular weight excluding hydrogens is 363 g/mol. The van der Waals surface area contributed by atoms with Crippen LogP contribution in [0.25, 0.3) is 10.2 Å². The molecular formula is C14H10Cl2N2O2S2. The quantitative estimate of drug-likeness (QED) is 0.711. The van der Waals surface area contributed by atoms with Gasteiger partial charge < -0.3 is 10.1 Å². The molecule has 22 heavy (non-hydrogen) atoms. The highest BCUT2D eigenvalue weighted by molar-refractivity contribution is 7.23. The molecule has 3 aromatic rings. The third kappa shape index (κ3) is 3.20. The Bertz CT molecular complexity index is 845. The van der Waals surface area contributed by atoms with E-state index in [2.05, 4.69) is 10.3 Å². The minimum atomic E-state index is -0.146. The van der Waals surface area contributed by atoms with Gasteiger partial charge in [-0.25, -0.2) is 4.98 Å². The molecule has 3 rings (SSSR count). The smallest absolute Gasteiger partial charge is 0.231 e. The SMILES string of the molecule is COc1ccc(Cl)c2sc(NC(=O)Cc3ccc(Cl)s3)nc12. The molecule has 1 aromatic carbocycles. The van der Waals surface area contributed by atoms with E-state index in [1.807, 2.05) is 6.07 Å². The van der Waals surface area contributed by atoms with Gasteiger partial charge in [-0.15, -0.1) is 11.3 Å². The number of carbonyl (C=O) groups excluding carboxylic acids is 1. The van der Waals surface area contributed by atoms with Gasteiger partial charge in [0.1, 0.15) is 11.3 Å². The number of benzene rings is 1. The van der Waals surface area contributed by atoms with Crippen molar-refractivity contribution in [3.05, 3.63) is 38.5 Å². The Balaban J connectivity index is 1.82. The first-order valence-electron chi connectivity index (χ1n) is 6.24. The Morgan fingerprint density at radius 1 is 1.27 bits per heavy atom. The predicted octanol–water partition coefficient (Wildman–Crippen LogP) is 4.85. The summed E-state index contributed by atoms with van der Waals surface area (Å²) in [5.41, 5.74) is 0.648. The number of halogens is 2. The molecule has 2 aromatic heterocycles. The van der Waals surface area contributed by atoms with Gasteiger partial charge in [-0.2, -0.15) is 0 Å². The number of hydrogen-bond acceptors (Lipinski definition) is 5. The molecule has 0 atom stereocenters. The van der Waals surface area contributed by atoms with Crippen molar-refractivity contribution < 1.29 is 9.53 Å². The van der Waals surface area contributed by atoms with E-state index in [4.69, 9.17) is 27.9 Å². The number of thiophene rings is 1. The summed E-state index contributed by atoms with van der Waals surface area (Å²) in [5.74, 6) is 0.480. The lowest BCUT2D eigenvalue weighted by atomic mass is 10.3. The summed E-state index contributed by atoms with van der Waals surface area (Å²) in [7, 11) is 1.57. The van der Waals surface area contributed by atoms with Gasteiger partial charge in [0, 0.05) is 4.88 Å². The van der Waals surface area contributed by atoms with Crippen LogP contribution in [0.15, 0.2) is 24.3 Å². The topological polar surface area (TPSA) is 51.2 Å². The van der Waals surface area contributed by atoms with Crippen molar-refractivity contribution in [2.45, 2.75) is 6.42 Å². The predicted molar refractivity (Wildman–Crippen MR) is 92.8 cm³/mol. The first-order chi connectivity index (χ1) is 10.6. The van der Waals surface area contributed by atoms with Gasteiger partial charge in [-0.05, 0) is 24.3 Å². The van der Waals surface area contributed by atoms with E-state index in [0.29, 0.717) is 25.8 Å². The molecule has 0 bridgehead atoms. The largest absolute Gasteiger partial charge is 0.494 e. The zero-order chi connectivity index (χ0) is 15.7. The number of ether oxygens (including phenoxy) is 1. The standard InChI is InChI=1S/C14H10Cl2N2O2S2/c1-20-9-4-3-8(15)13-12(9)18-14(22-13)17-11(19)6-7-2-5-10(16)21-7/h2-5H,6H2,1H3,(H,17,18,19). The number of nitrogens with one attached hydrogen (secondary N) is 1. The van der Waals surface area contributed by atoms with Crippen LogP contribution in [-0.4, -0.2) is 18.0 Å². The van der Waals surface area contributed by atoms with Gasteiger partial charge in [0.15, 0.2) is 5.13 Å². The van der Waals surface area contributed by atoms with Crippen LogP contribution in [0.2, 0.25) is 9.36 Å². The van der Waals surface area contributed by atoms with Gasteiger partial charge in [0.05, 0.1) is 27.6 Å². The normalized spacial score (nSPS) is 10.9. The number of amides is 1. The molecule has 2 heterocycles. The minimum Gasteiger partial charge on any atom is -0.494 e. The number of rotatable bonds is 4. The van der Waals surface area contributed by atoms with E-state index in [1.165, 1.54) is 22.7 Å². The van der Waals surface area contributed by atoms with Crippen molar-refractivity contribution in [3.8, 4) is 5.75 Å². The Kier molecular flexibility index (Phi) is 4.54. The zero-order valence-corrected chi connectivity index (χ0v) is 14.5. The summed E-state index contributed by atoms with van der Waals surface area (Å²) < 4.78 is 6.71. The van der Waals surface area contributed by atoms with E-state index in [0.717, 1.165) is 9.58 Å². The molecule has 8 heteroatoms. The van der Waals surface area contributed by atoms with Crippen LogP contribution in [0.1, 0.15) is 4.88 Å². The maximum absolute atomic E-state index is 12.1. The summed E-state index contributed by atoms with van der Waals surface area (Å²) in [6, 6.07) is 7.12. The second kappa shape index (κ2) is 6.42. The fourth-order valence-corrected chi connectivity index (χ4v) is 4.20. The Morgan fingerprint density at radius 3 is 2.77 bits per heavy atom. The first-order valence-corrected chi connectivity index (χ1v) is 8.63. The molecule has 0 saturated carbocycles. The summed E-state index contributed by atoms with van der Waals surface area (Å²) >= 11 is 14.7. The van der Waals surface area contributed by atoms with Crippen LogP contribution in [0, 0.1) is 0 Å². The van der Waals surface area contributed by atoms with Gasteiger partial charge in [-0.1, -0.05) is 34.5 Å². The molecule has 0 spiro atoms. The van der Waals surface area contributed by atoms with Crippen LogP contribution < -0.4 is 10.1 Å². The molecule has 0 saturated heterocycles. The van der Waals surface area contributed by atoms with Crippen molar-refractivity contribution >= 4 is 67.1 Å². The second-order valence-electron chi connectivity index (χ2n) is 4.38. The first kappa shape index (κ1) is 15.6. The highest BCUT2D eigenvalue weighted by Crippen LogP contribution is 2.37. The van der Waals surface area contributed by atoms with Crippen LogP contribution >= 0.6 is 45.9 Å². The molecule has 1 N–H and O–H groups in total. The molecule has 0 radical (unpaired) electrons. The van der Waals surface area contributed by atoms with Crippen molar-refractivity contribution in [1.29, 1.82) is 0 Å². The van der Waals surface area contributed by atoms with E-state index >= 15 is 0 Å². The number of hydrogen-bond donors (Lipinski definition) is 1. The fourth-order valence-electron chi connectivity index (χ4n) is 1.94. The lowest BCUT2D eigenvalue weighted by molar-refractivity contribution is -0.115. The van der Waals surface area contributed by atoms with E-state index in [-0.39, 0.29) is 12.3 Å². The fraction of sp³-hybridized carbons (Fsp3) is 0.143. The van der Waals surface area contributed by atoms with Crippen molar-refractivity contribution in [2.24, 2.45) is 0 Å². The average Bonchev–Trinajstić information content (AvgIpc) is 3.06. The third-order valence-corrected chi connectivity index (χ3v) is 5.55. The molecule has 0 aliphatic carbocycles. The van der Waals surface area contributed by atoms with Crippen LogP contribution in [0.4, 0.5) is 5.13 Å². The van der Waals surface area contributed by atoms with Crippen LogP contribution in [0.5, 0.6) is 5.75 Å². The summed E-state index contributed by atoms with van der Waals surface area (Å²) in [6.45, 7) is 0. The summed E-state index contributed by atoms with van der Waals surface area (Å²) in [6.07, 6.45) is 0.262. The number of aromatic nitrogens is 1. The maximum atomic E-state index is 12.1. The Hall–Kier alpha value is -1.34. The third-order valence-electron chi connectivity index (χ3n) is 2.89. The maximum Gasteiger partial charge on any atom is 0.231 e. The van der Waals surface area contributed by atoms with Crippen molar-refractivity contribution in [2.75, 3.05) is 12.4 Å². The summed E-state index contributed by atoms with van der Waals surface area (Å²) in [4.78, 5) is 17.3. The lowest BCUT2D eigenvalue weighted by Crippen LogP contribution is -2.13. The number of carbonyl (C=O) groups is 1. The van der Waals surface area contributed by atoms with Crippen LogP contribution in [-0.2, 0) is 11.2 Å². The highest BCUT2D eigenvalue weighted by Gasteiger charge is 2.14. The molecule has 0 aliphatic rings.